The van der Waals surface area contributed by atoms with Gasteiger partial charge >= 0.3 is 0 Å². The van der Waals surface area contributed by atoms with Crippen LogP contribution in [-0.4, -0.2) is 75.2 Å². The largest absolute Gasteiger partial charge is 0.379 e. The Hall–Kier alpha value is -1.00. The monoisotopic (exact) mass is 387 g/mol. The minimum Gasteiger partial charge on any atom is -0.379 e. The molecule has 1 N–H and O–H groups in total. The molecule has 2 unspecified atom stereocenters. The zero-order valence-corrected chi connectivity index (χ0v) is 16.0. The smallest absolute Gasteiger partial charge is 0.238 e. The number of thiophene rings is 1. The Bertz CT molecular complexity index is 672. The summed E-state index contributed by atoms with van der Waals surface area (Å²) in [6, 6.07) is 3.61. The van der Waals surface area contributed by atoms with Gasteiger partial charge in [0.2, 0.25) is 15.9 Å². The van der Waals surface area contributed by atoms with Crippen LogP contribution in [-0.2, 0) is 19.6 Å². The van der Waals surface area contributed by atoms with Crippen molar-refractivity contribution in [2.75, 3.05) is 45.6 Å². The molecule has 0 spiro atoms. The Balaban J connectivity index is 1.65. The van der Waals surface area contributed by atoms with Gasteiger partial charge in [0.15, 0.2) is 0 Å². The predicted octanol–water partition coefficient (Wildman–Crippen LogP) is 0.662. The molecule has 9 heteroatoms. The highest BCUT2D eigenvalue weighted by Crippen LogP contribution is 2.26. The highest BCUT2D eigenvalue weighted by molar-refractivity contribution is 7.88. The van der Waals surface area contributed by atoms with Crippen LogP contribution in [0.2, 0.25) is 0 Å². The fourth-order valence-electron chi connectivity index (χ4n) is 3.49. The Kier molecular flexibility index (Phi) is 6.11. The molecule has 0 bridgehead atoms. The maximum Gasteiger partial charge on any atom is 0.238 e. The van der Waals surface area contributed by atoms with Crippen LogP contribution >= 0.6 is 11.3 Å². The molecule has 0 saturated carbocycles. The number of nitrogens with one attached hydrogen (secondary N) is 1. The zero-order chi connectivity index (χ0) is 17.9. The third-order valence-corrected chi connectivity index (χ3v) is 7.02. The second-order valence-corrected chi connectivity index (χ2v) is 9.37. The lowest BCUT2D eigenvalue weighted by atomic mass is 10.1. The van der Waals surface area contributed by atoms with Gasteiger partial charge in [-0.1, -0.05) is 6.07 Å². The number of nitrogens with zero attached hydrogens (tertiary/aromatic N) is 2. The molecule has 0 radical (unpaired) electrons. The van der Waals surface area contributed by atoms with Crippen molar-refractivity contribution in [3.05, 3.63) is 22.4 Å². The van der Waals surface area contributed by atoms with E-state index >= 15 is 0 Å². The third-order valence-electron chi connectivity index (χ3n) is 4.76. The van der Waals surface area contributed by atoms with Crippen LogP contribution in [0.25, 0.3) is 0 Å². The van der Waals surface area contributed by atoms with E-state index in [1.54, 1.807) is 11.3 Å². The fraction of sp³-hybridized carbons (Fsp3) is 0.688. The van der Waals surface area contributed by atoms with Gasteiger partial charge in [-0.2, -0.15) is 4.31 Å². The topological polar surface area (TPSA) is 79.0 Å². The first-order valence-electron chi connectivity index (χ1n) is 8.56. The molecule has 25 heavy (non-hydrogen) atoms. The Morgan fingerprint density at radius 3 is 2.80 bits per heavy atom. The number of rotatable bonds is 6. The van der Waals surface area contributed by atoms with E-state index in [2.05, 4.69) is 16.3 Å². The van der Waals surface area contributed by atoms with Gasteiger partial charge in [-0.3, -0.25) is 9.69 Å². The normalized spacial score (nSPS) is 24.3. The van der Waals surface area contributed by atoms with E-state index in [1.165, 1.54) is 15.4 Å². The molecular formula is C16H25N3O4S2. The lowest BCUT2D eigenvalue weighted by Crippen LogP contribution is -2.48. The highest BCUT2D eigenvalue weighted by Gasteiger charge is 2.36. The predicted molar refractivity (Wildman–Crippen MR) is 97.0 cm³/mol. The summed E-state index contributed by atoms with van der Waals surface area (Å²) in [5.41, 5.74) is 0. The summed E-state index contributed by atoms with van der Waals surface area (Å²) >= 11 is 1.67. The Morgan fingerprint density at radius 2 is 2.16 bits per heavy atom. The lowest BCUT2D eigenvalue weighted by molar-refractivity contribution is -0.124. The summed E-state index contributed by atoms with van der Waals surface area (Å²) in [5, 5.41) is 5.03. The van der Waals surface area contributed by atoms with Crippen LogP contribution in [0.3, 0.4) is 0 Å². The molecule has 1 aromatic heterocycles. The SMILES string of the molecule is CS(=O)(=O)N1CCCC1C(=O)NCC(c1cccs1)N1CCOCC1. The van der Waals surface area contributed by atoms with E-state index in [0.29, 0.717) is 32.7 Å². The van der Waals surface area contributed by atoms with Crippen molar-refractivity contribution in [3.63, 3.8) is 0 Å². The van der Waals surface area contributed by atoms with E-state index in [4.69, 9.17) is 4.74 Å². The zero-order valence-electron chi connectivity index (χ0n) is 14.4. The summed E-state index contributed by atoms with van der Waals surface area (Å²) in [5.74, 6) is -0.197. The maximum absolute atomic E-state index is 12.6. The molecule has 1 amide bonds. The third kappa shape index (κ3) is 4.59. The van der Waals surface area contributed by atoms with Crippen molar-refractivity contribution in [1.82, 2.24) is 14.5 Å². The molecule has 3 rings (SSSR count). The number of carbonyl (C=O) groups excluding carboxylic acids is 1. The standard InChI is InChI=1S/C16H25N3O4S2/c1-25(21,22)19-6-2-4-13(19)16(20)17-12-14(15-5-3-11-24-15)18-7-9-23-10-8-18/h3,5,11,13-14H,2,4,6-10,12H2,1H3,(H,17,20). The summed E-state index contributed by atoms with van der Waals surface area (Å²) in [4.78, 5) is 16.1. The minimum absolute atomic E-state index is 0.0981. The summed E-state index contributed by atoms with van der Waals surface area (Å²) in [7, 11) is -3.35. The molecular weight excluding hydrogens is 362 g/mol. The van der Waals surface area contributed by atoms with Crippen molar-refractivity contribution < 1.29 is 17.9 Å². The number of sulfonamides is 1. The van der Waals surface area contributed by atoms with Gasteiger partial charge < -0.3 is 10.1 Å². The molecule has 3 heterocycles. The number of hydrogen-bond donors (Lipinski definition) is 1. The van der Waals surface area contributed by atoms with E-state index in [9.17, 15) is 13.2 Å². The molecule has 2 atom stereocenters. The number of ether oxygens (including phenoxy) is 1. The van der Waals surface area contributed by atoms with Crippen molar-refractivity contribution >= 4 is 27.3 Å². The molecule has 2 fully saturated rings. The number of amides is 1. The van der Waals surface area contributed by atoms with Gasteiger partial charge in [-0.05, 0) is 24.3 Å². The van der Waals surface area contributed by atoms with E-state index in [1.807, 2.05) is 11.4 Å². The lowest BCUT2D eigenvalue weighted by Gasteiger charge is -2.34. The van der Waals surface area contributed by atoms with Crippen LogP contribution < -0.4 is 5.32 Å². The highest BCUT2D eigenvalue weighted by atomic mass is 32.2. The van der Waals surface area contributed by atoms with Crippen molar-refractivity contribution in [3.8, 4) is 0 Å². The van der Waals surface area contributed by atoms with E-state index in [0.717, 1.165) is 19.5 Å². The van der Waals surface area contributed by atoms with Crippen LogP contribution in [0.4, 0.5) is 0 Å². The van der Waals surface area contributed by atoms with E-state index in [-0.39, 0.29) is 11.9 Å². The molecule has 140 valence electrons. The molecule has 2 aliphatic rings. The maximum atomic E-state index is 12.6. The summed E-state index contributed by atoms with van der Waals surface area (Å²) in [6.07, 6.45) is 2.48. The Labute approximate surface area is 153 Å². The van der Waals surface area contributed by atoms with Crippen molar-refractivity contribution in [1.29, 1.82) is 0 Å². The number of morpholine rings is 1. The van der Waals surface area contributed by atoms with E-state index < -0.39 is 16.1 Å². The second-order valence-electron chi connectivity index (χ2n) is 6.46. The van der Waals surface area contributed by atoms with Crippen LogP contribution in [0, 0.1) is 0 Å². The molecule has 1 aromatic rings. The van der Waals surface area contributed by atoms with Gasteiger partial charge in [-0.15, -0.1) is 11.3 Å². The molecule has 2 aliphatic heterocycles. The molecule has 0 aliphatic carbocycles. The Morgan fingerprint density at radius 1 is 1.40 bits per heavy atom. The summed E-state index contributed by atoms with van der Waals surface area (Å²) < 4.78 is 30.4. The van der Waals surface area contributed by atoms with Gasteiger partial charge in [0.1, 0.15) is 6.04 Å². The van der Waals surface area contributed by atoms with Gasteiger partial charge in [0, 0.05) is 31.1 Å². The van der Waals surface area contributed by atoms with Crippen LogP contribution in [0.15, 0.2) is 17.5 Å². The summed E-state index contributed by atoms with van der Waals surface area (Å²) in [6.45, 7) is 3.96. The van der Waals surface area contributed by atoms with Crippen LogP contribution in [0.5, 0.6) is 0 Å². The first-order valence-corrected chi connectivity index (χ1v) is 11.3. The first kappa shape index (κ1) is 18.8. The van der Waals surface area contributed by atoms with Gasteiger partial charge in [0.05, 0.1) is 25.5 Å². The van der Waals surface area contributed by atoms with Gasteiger partial charge in [0.25, 0.3) is 0 Å². The molecule has 7 nitrogen and oxygen atoms in total. The van der Waals surface area contributed by atoms with Crippen molar-refractivity contribution in [2.24, 2.45) is 0 Å². The molecule has 0 aromatic carbocycles. The molecule has 2 saturated heterocycles. The fourth-order valence-corrected chi connectivity index (χ4v) is 5.48. The average molecular weight is 388 g/mol. The number of hydrogen-bond acceptors (Lipinski definition) is 6. The quantitative estimate of drug-likeness (QED) is 0.776. The average Bonchev–Trinajstić information content (AvgIpc) is 3.27. The first-order chi connectivity index (χ1) is 12.0. The second kappa shape index (κ2) is 8.13. The minimum atomic E-state index is -3.35. The van der Waals surface area contributed by atoms with Crippen LogP contribution in [0.1, 0.15) is 23.8 Å². The number of carbonyl (C=O) groups is 1. The van der Waals surface area contributed by atoms with Gasteiger partial charge in [-0.25, -0.2) is 8.42 Å². The van der Waals surface area contributed by atoms with Crippen molar-refractivity contribution in [2.45, 2.75) is 24.9 Å².